The van der Waals surface area contributed by atoms with Gasteiger partial charge in [-0.05, 0) is 55.8 Å². The molecule has 6 heteroatoms. The molecule has 3 aromatic rings. The highest BCUT2D eigenvalue weighted by Gasteiger charge is 2.10. The molecule has 0 radical (unpaired) electrons. The number of carbonyl (C=O) groups is 1. The van der Waals surface area contributed by atoms with Crippen LogP contribution < -0.4 is 5.32 Å². The summed E-state index contributed by atoms with van der Waals surface area (Å²) in [4.78, 5) is 21.8. The highest BCUT2D eigenvalue weighted by Crippen LogP contribution is 2.31. The Kier molecular flexibility index (Phi) is 3.61. The summed E-state index contributed by atoms with van der Waals surface area (Å²) in [5, 5.41) is 4.38. The number of ketones is 1. The standard InChI is InChI=1S/C15H12ClN3OS/c1-8-7-12-13(18-15(16)19-14(12)21-8)17-11-5-3-10(4-6-11)9(2)20/h3-7H,1-2H3,(H,17,18,19). The van der Waals surface area contributed by atoms with Crippen molar-refractivity contribution in [3.05, 3.63) is 46.1 Å². The van der Waals surface area contributed by atoms with E-state index in [1.54, 1.807) is 30.4 Å². The highest BCUT2D eigenvalue weighted by atomic mass is 35.5. The summed E-state index contributed by atoms with van der Waals surface area (Å²) in [5.41, 5.74) is 1.53. The summed E-state index contributed by atoms with van der Waals surface area (Å²) >= 11 is 7.54. The van der Waals surface area contributed by atoms with Crippen LogP contribution in [-0.4, -0.2) is 15.8 Å². The minimum absolute atomic E-state index is 0.0440. The Morgan fingerprint density at radius 2 is 1.95 bits per heavy atom. The molecular formula is C15H12ClN3OS. The van der Waals surface area contributed by atoms with Gasteiger partial charge in [0, 0.05) is 16.1 Å². The monoisotopic (exact) mass is 317 g/mol. The van der Waals surface area contributed by atoms with E-state index in [9.17, 15) is 4.79 Å². The van der Waals surface area contributed by atoms with E-state index in [1.807, 2.05) is 25.1 Å². The Bertz CT molecular complexity index is 827. The minimum Gasteiger partial charge on any atom is -0.340 e. The van der Waals surface area contributed by atoms with Gasteiger partial charge in [0.2, 0.25) is 5.28 Å². The van der Waals surface area contributed by atoms with Gasteiger partial charge in [0.25, 0.3) is 0 Å². The number of hydrogen-bond acceptors (Lipinski definition) is 5. The van der Waals surface area contributed by atoms with E-state index in [1.165, 1.54) is 0 Å². The van der Waals surface area contributed by atoms with Gasteiger partial charge >= 0.3 is 0 Å². The number of nitrogens with one attached hydrogen (secondary N) is 1. The molecule has 2 heterocycles. The molecule has 0 aliphatic rings. The Labute approximate surface area is 130 Å². The first-order valence-corrected chi connectivity index (χ1v) is 7.54. The van der Waals surface area contributed by atoms with Crippen LogP contribution in [0.3, 0.4) is 0 Å². The highest BCUT2D eigenvalue weighted by molar-refractivity contribution is 7.18. The van der Waals surface area contributed by atoms with E-state index in [4.69, 9.17) is 11.6 Å². The fraction of sp³-hybridized carbons (Fsp3) is 0.133. The molecule has 21 heavy (non-hydrogen) atoms. The van der Waals surface area contributed by atoms with Crippen LogP contribution in [0.4, 0.5) is 11.5 Å². The third kappa shape index (κ3) is 2.89. The topological polar surface area (TPSA) is 54.9 Å². The van der Waals surface area contributed by atoms with Gasteiger partial charge in [-0.25, -0.2) is 4.98 Å². The zero-order chi connectivity index (χ0) is 15.0. The molecule has 0 saturated carbocycles. The number of rotatable bonds is 3. The normalized spacial score (nSPS) is 10.8. The number of halogens is 1. The van der Waals surface area contributed by atoms with Gasteiger partial charge in [-0.2, -0.15) is 4.98 Å². The predicted molar refractivity (Wildman–Crippen MR) is 86.9 cm³/mol. The summed E-state index contributed by atoms with van der Waals surface area (Å²) in [6, 6.07) is 9.28. The van der Waals surface area contributed by atoms with Crippen molar-refractivity contribution in [3.8, 4) is 0 Å². The molecule has 1 N–H and O–H groups in total. The molecule has 0 aliphatic heterocycles. The SMILES string of the molecule is CC(=O)c1ccc(Nc2nc(Cl)nc3sc(C)cc23)cc1. The first-order chi connectivity index (χ1) is 10.0. The van der Waals surface area contributed by atoms with Crippen LogP contribution in [0.25, 0.3) is 10.2 Å². The van der Waals surface area contributed by atoms with Crippen molar-refractivity contribution in [1.29, 1.82) is 0 Å². The van der Waals surface area contributed by atoms with Crippen LogP contribution in [0.2, 0.25) is 5.28 Å². The summed E-state index contributed by atoms with van der Waals surface area (Å²) in [6.45, 7) is 3.57. The van der Waals surface area contributed by atoms with Gasteiger partial charge in [0.1, 0.15) is 10.6 Å². The van der Waals surface area contributed by atoms with Crippen molar-refractivity contribution < 1.29 is 4.79 Å². The molecule has 2 aromatic heterocycles. The lowest BCUT2D eigenvalue weighted by atomic mass is 10.1. The Morgan fingerprint density at radius 3 is 2.62 bits per heavy atom. The number of thiophene rings is 1. The number of Topliss-reactive ketones (excluding diaryl/α,β-unsaturated/α-hetero) is 1. The second kappa shape index (κ2) is 5.42. The maximum Gasteiger partial charge on any atom is 0.225 e. The maximum atomic E-state index is 11.3. The van der Waals surface area contributed by atoms with Crippen molar-refractivity contribution in [2.24, 2.45) is 0 Å². The Morgan fingerprint density at radius 1 is 1.24 bits per heavy atom. The molecule has 106 valence electrons. The molecule has 0 atom stereocenters. The van der Waals surface area contributed by atoms with Crippen molar-refractivity contribution >= 4 is 50.4 Å². The molecule has 0 fully saturated rings. The zero-order valence-electron chi connectivity index (χ0n) is 11.5. The molecule has 3 rings (SSSR count). The smallest absolute Gasteiger partial charge is 0.225 e. The number of fused-ring (bicyclic) bond motifs is 1. The molecular weight excluding hydrogens is 306 g/mol. The van der Waals surface area contributed by atoms with Gasteiger partial charge in [-0.3, -0.25) is 4.79 Å². The number of carbonyl (C=O) groups excluding carboxylic acids is 1. The van der Waals surface area contributed by atoms with E-state index in [0.717, 1.165) is 20.8 Å². The zero-order valence-corrected chi connectivity index (χ0v) is 13.0. The summed E-state index contributed by atoms with van der Waals surface area (Å²) < 4.78 is 0. The third-order valence-electron chi connectivity index (χ3n) is 3.04. The van der Waals surface area contributed by atoms with Crippen LogP contribution in [0.5, 0.6) is 0 Å². The maximum absolute atomic E-state index is 11.3. The molecule has 0 aliphatic carbocycles. The van der Waals surface area contributed by atoms with E-state index in [2.05, 4.69) is 15.3 Å². The van der Waals surface area contributed by atoms with Crippen molar-refractivity contribution in [3.63, 3.8) is 0 Å². The van der Waals surface area contributed by atoms with Crippen molar-refractivity contribution in [2.45, 2.75) is 13.8 Å². The second-order valence-corrected chi connectivity index (χ2v) is 6.25. The minimum atomic E-state index is 0.0440. The number of anilines is 2. The quantitative estimate of drug-likeness (QED) is 0.566. The average molecular weight is 318 g/mol. The summed E-state index contributed by atoms with van der Waals surface area (Å²) in [7, 11) is 0. The van der Waals surface area contributed by atoms with Gasteiger partial charge < -0.3 is 5.32 Å². The summed E-state index contributed by atoms with van der Waals surface area (Å²) in [5.74, 6) is 0.715. The van der Waals surface area contributed by atoms with Gasteiger partial charge in [0.15, 0.2) is 5.78 Å². The van der Waals surface area contributed by atoms with Gasteiger partial charge in [0.05, 0.1) is 5.39 Å². The average Bonchev–Trinajstić information content (AvgIpc) is 2.79. The lowest BCUT2D eigenvalue weighted by Crippen LogP contribution is -1.97. The molecule has 0 spiro atoms. The Hall–Kier alpha value is -1.98. The summed E-state index contributed by atoms with van der Waals surface area (Å²) in [6.07, 6.45) is 0. The molecule has 0 saturated heterocycles. The third-order valence-corrected chi connectivity index (χ3v) is 4.16. The molecule has 0 bridgehead atoms. The van der Waals surface area contributed by atoms with Gasteiger partial charge in [-0.1, -0.05) is 0 Å². The fourth-order valence-electron chi connectivity index (χ4n) is 2.04. The van der Waals surface area contributed by atoms with Crippen LogP contribution in [0, 0.1) is 6.92 Å². The number of aromatic nitrogens is 2. The second-order valence-electron chi connectivity index (χ2n) is 4.68. The largest absolute Gasteiger partial charge is 0.340 e. The van der Waals surface area contributed by atoms with Crippen LogP contribution in [0.15, 0.2) is 30.3 Å². The molecule has 4 nitrogen and oxygen atoms in total. The van der Waals surface area contributed by atoms with Crippen molar-refractivity contribution in [1.82, 2.24) is 9.97 Å². The van der Waals surface area contributed by atoms with Gasteiger partial charge in [-0.15, -0.1) is 11.3 Å². The number of aryl methyl sites for hydroxylation is 1. The van der Waals surface area contributed by atoms with Crippen LogP contribution >= 0.6 is 22.9 Å². The fourth-order valence-corrected chi connectivity index (χ4v) is 3.13. The van der Waals surface area contributed by atoms with Crippen LogP contribution in [0.1, 0.15) is 22.2 Å². The van der Waals surface area contributed by atoms with Crippen LogP contribution in [-0.2, 0) is 0 Å². The molecule has 0 amide bonds. The van der Waals surface area contributed by atoms with E-state index < -0.39 is 0 Å². The lowest BCUT2D eigenvalue weighted by molar-refractivity contribution is 0.101. The number of benzene rings is 1. The first-order valence-electron chi connectivity index (χ1n) is 6.34. The van der Waals surface area contributed by atoms with E-state index >= 15 is 0 Å². The lowest BCUT2D eigenvalue weighted by Gasteiger charge is -2.07. The van der Waals surface area contributed by atoms with E-state index in [-0.39, 0.29) is 11.1 Å². The molecule has 0 unspecified atom stereocenters. The molecule has 1 aromatic carbocycles. The van der Waals surface area contributed by atoms with E-state index in [0.29, 0.717) is 11.4 Å². The van der Waals surface area contributed by atoms with Crippen molar-refractivity contribution in [2.75, 3.05) is 5.32 Å². The number of nitrogens with zero attached hydrogens (tertiary/aromatic N) is 2. The number of hydrogen-bond donors (Lipinski definition) is 1. The first kappa shape index (κ1) is 14.0. The Balaban J connectivity index is 1.99. The predicted octanol–water partition coefficient (Wildman–Crippen LogP) is 4.60.